The van der Waals surface area contributed by atoms with Crippen LogP contribution in [0.3, 0.4) is 0 Å². The zero-order valence-electron chi connectivity index (χ0n) is 14.4. The van der Waals surface area contributed by atoms with E-state index in [0.717, 1.165) is 17.5 Å². The Kier molecular flexibility index (Phi) is 5.92. The molecule has 5 nitrogen and oxygen atoms in total. The Morgan fingerprint density at radius 2 is 1.85 bits per heavy atom. The van der Waals surface area contributed by atoms with Gasteiger partial charge in [-0.05, 0) is 58.9 Å². The SMILES string of the molecule is CCCN1C(=O)N/C(=C/c2ccccc2OCc2ccc(I)cc2)C1=O. The standard InChI is InChI=1S/C20H19IN2O3/c1-2-11-23-19(24)17(22-20(23)25)12-15-5-3-4-6-18(15)26-13-14-7-9-16(21)10-8-14/h3-10,12H,2,11,13H2,1H3,(H,22,25)/b17-12+. The fourth-order valence-electron chi connectivity index (χ4n) is 2.63. The Morgan fingerprint density at radius 3 is 2.58 bits per heavy atom. The number of halogens is 1. The van der Waals surface area contributed by atoms with Gasteiger partial charge in [0.25, 0.3) is 5.91 Å². The summed E-state index contributed by atoms with van der Waals surface area (Å²) in [5.41, 5.74) is 2.08. The van der Waals surface area contributed by atoms with E-state index in [-0.39, 0.29) is 17.6 Å². The van der Waals surface area contributed by atoms with Gasteiger partial charge in [0.1, 0.15) is 18.1 Å². The zero-order valence-corrected chi connectivity index (χ0v) is 16.5. The number of amides is 3. The highest BCUT2D eigenvalue weighted by molar-refractivity contribution is 14.1. The van der Waals surface area contributed by atoms with Gasteiger partial charge in [-0.25, -0.2) is 4.79 Å². The third-order valence-electron chi connectivity index (χ3n) is 3.94. The van der Waals surface area contributed by atoms with E-state index in [9.17, 15) is 9.59 Å². The van der Waals surface area contributed by atoms with E-state index in [0.29, 0.717) is 18.9 Å². The molecule has 134 valence electrons. The van der Waals surface area contributed by atoms with Crippen molar-refractivity contribution in [2.24, 2.45) is 0 Å². The summed E-state index contributed by atoms with van der Waals surface area (Å²) in [4.78, 5) is 25.5. The topological polar surface area (TPSA) is 58.6 Å². The van der Waals surface area contributed by atoms with Gasteiger partial charge in [0, 0.05) is 15.7 Å². The van der Waals surface area contributed by atoms with Gasteiger partial charge in [0.05, 0.1) is 0 Å². The maximum Gasteiger partial charge on any atom is 0.329 e. The second-order valence-corrected chi connectivity index (χ2v) is 7.14. The molecule has 3 rings (SSSR count). The lowest BCUT2D eigenvalue weighted by atomic mass is 10.1. The Labute approximate surface area is 166 Å². The van der Waals surface area contributed by atoms with Gasteiger partial charge in [0.2, 0.25) is 0 Å². The summed E-state index contributed by atoms with van der Waals surface area (Å²) in [6.45, 7) is 2.77. The molecule has 1 heterocycles. The molecule has 0 aliphatic carbocycles. The summed E-state index contributed by atoms with van der Waals surface area (Å²) in [5.74, 6) is 0.360. The van der Waals surface area contributed by atoms with Gasteiger partial charge < -0.3 is 10.1 Å². The number of nitrogens with one attached hydrogen (secondary N) is 1. The molecule has 1 fully saturated rings. The van der Waals surface area contributed by atoms with Crippen LogP contribution < -0.4 is 10.1 Å². The van der Waals surface area contributed by atoms with Crippen molar-refractivity contribution < 1.29 is 14.3 Å². The highest BCUT2D eigenvalue weighted by atomic mass is 127. The van der Waals surface area contributed by atoms with Crippen molar-refractivity contribution >= 4 is 40.6 Å². The van der Waals surface area contributed by atoms with Crippen molar-refractivity contribution in [2.75, 3.05) is 6.54 Å². The summed E-state index contributed by atoms with van der Waals surface area (Å²) >= 11 is 2.26. The zero-order chi connectivity index (χ0) is 18.5. The molecule has 1 N–H and O–H groups in total. The molecule has 2 aromatic carbocycles. The van der Waals surface area contributed by atoms with Gasteiger partial charge in [-0.15, -0.1) is 0 Å². The Morgan fingerprint density at radius 1 is 1.12 bits per heavy atom. The quantitative estimate of drug-likeness (QED) is 0.398. The molecule has 0 aromatic heterocycles. The number of imide groups is 1. The third-order valence-corrected chi connectivity index (χ3v) is 4.66. The number of rotatable bonds is 6. The first-order valence-electron chi connectivity index (χ1n) is 8.39. The Balaban J connectivity index is 1.78. The molecule has 0 atom stereocenters. The van der Waals surface area contributed by atoms with E-state index in [4.69, 9.17) is 4.74 Å². The summed E-state index contributed by atoms with van der Waals surface area (Å²) in [7, 11) is 0. The summed E-state index contributed by atoms with van der Waals surface area (Å²) in [6.07, 6.45) is 2.39. The highest BCUT2D eigenvalue weighted by Gasteiger charge is 2.32. The number of ether oxygens (including phenoxy) is 1. The number of para-hydroxylation sites is 1. The van der Waals surface area contributed by atoms with Crippen molar-refractivity contribution in [1.29, 1.82) is 0 Å². The number of carbonyl (C=O) groups is 2. The lowest BCUT2D eigenvalue weighted by Crippen LogP contribution is -2.31. The van der Waals surface area contributed by atoms with Crippen LogP contribution in [0.1, 0.15) is 24.5 Å². The summed E-state index contributed by atoms with van der Waals surface area (Å²) in [5, 5.41) is 2.64. The van der Waals surface area contributed by atoms with Crippen molar-refractivity contribution in [1.82, 2.24) is 10.2 Å². The van der Waals surface area contributed by atoms with Crippen molar-refractivity contribution in [3.63, 3.8) is 0 Å². The molecular formula is C20H19IN2O3. The fraction of sp³-hybridized carbons (Fsp3) is 0.200. The van der Waals surface area contributed by atoms with Gasteiger partial charge in [-0.1, -0.05) is 37.3 Å². The predicted molar refractivity (Wildman–Crippen MR) is 108 cm³/mol. The molecule has 0 spiro atoms. The van der Waals surface area contributed by atoms with Crippen LogP contribution in [0.15, 0.2) is 54.2 Å². The average Bonchev–Trinajstić information content (AvgIpc) is 2.90. The number of benzene rings is 2. The van der Waals surface area contributed by atoms with Crippen LogP contribution in [0.4, 0.5) is 4.79 Å². The van der Waals surface area contributed by atoms with Crippen molar-refractivity contribution in [2.45, 2.75) is 20.0 Å². The smallest absolute Gasteiger partial charge is 0.329 e. The number of nitrogens with zero attached hydrogens (tertiary/aromatic N) is 1. The largest absolute Gasteiger partial charge is 0.488 e. The average molecular weight is 462 g/mol. The van der Waals surface area contributed by atoms with Crippen LogP contribution in [-0.2, 0) is 11.4 Å². The Hall–Kier alpha value is -2.35. The first-order chi connectivity index (χ1) is 12.6. The molecule has 0 radical (unpaired) electrons. The number of carbonyl (C=O) groups excluding carboxylic acids is 2. The lowest BCUT2D eigenvalue weighted by Gasteiger charge is -2.10. The summed E-state index contributed by atoms with van der Waals surface area (Å²) in [6, 6.07) is 15.2. The number of hydrogen-bond donors (Lipinski definition) is 1. The van der Waals surface area contributed by atoms with Crippen LogP contribution in [0.5, 0.6) is 5.75 Å². The van der Waals surface area contributed by atoms with Gasteiger partial charge in [0.15, 0.2) is 0 Å². The minimum atomic E-state index is -0.375. The first-order valence-corrected chi connectivity index (χ1v) is 9.47. The second-order valence-electron chi connectivity index (χ2n) is 5.90. The van der Waals surface area contributed by atoms with Crippen LogP contribution in [0, 0.1) is 3.57 Å². The fourth-order valence-corrected chi connectivity index (χ4v) is 2.99. The first kappa shape index (κ1) is 18.4. The van der Waals surface area contributed by atoms with Crippen LogP contribution in [0.25, 0.3) is 6.08 Å². The molecule has 0 saturated carbocycles. The molecule has 1 aliphatic rings. The van der Waals surface area contributed by atoms with E-state index in [2.05, 4.69) is 27.9 Å². The van der Waals surface area contributed by atoms with Crippen molar-refractivity contribution in [3.05, 3.63) is 68.9 Å². The normalized spacial score (nSPS) is 15.5. The minimum Gasteiger partial charge on any atom is -0.488 e. The lowest BCUT2D eigenvalue weighted by molar-refractivity contribution is -0.122. The van der Waals surface area contributed by atoms with Crippen molar-refractivity contribution in [3.8, 4) is 5.75 Å². The second kappa shape index (κ2) is 8.35. The number of urea groups is 1. The minimum absolute atomic E-state index is 0.272. The molecule has 3 amide bonds. The van der Waals surface area contributed by atoms with Gasteiger partial charge in [-0.3, -0.25) is 9.69 Å². The van der Waals surface area contributed by atoms with E-state index < -0.39 is 0 Å². The Bertz CT molecular complexity index is 846. The maximum atomic E-state index is 12.4. The van der Waals surface area contributed by atoms with E-state index in [1.807, 2.05) is 55.5 Å². The highest BCUT2D eigenvalue weighted by Crippen LogP contribution is 2.24. The summed E-state index contributed by atoms with van der Waals surface area (Å²) < 4.78 is 7.10. The van der Waals surface area contributed by atoms with Crippen LogP contribution in [0.2, 0.25) is 0 Å². The van der Waals surface area contributed by atoms with Gasteiger partial charge in [-0.2, -0.15) is 0 Å². The third kappa shape index (κ3) is 4.24. The molecule has 26 heavy (non-hydrogen) atoms. The molecule has 0 bridgehead atoms. The van der Waals surface area contributed by atoms with Crippen LogP contribution >= 0.6 is 22.6 Å². The van der Waals surface area contributed by atoms with Crippen LogP contribution in [-0.4, -0.2) is 23.4 Å². The monoisotopic (exact) mass is 462 g/mol. The molecule has 2 aromatic rings. The maximum absolute atomic E-state index is 12.4. The van der Waals surface area contributed by atoms with E-state index in [1.165, 1.54) is 8.47 Å². The predicted octanol–water partition coefficient (Wildman–Crippen LogP) is 4.17. The van der Waals surface area contributed by atoms with E-state index in [1.54, 1.807) is 6.08 Å². The molecule has 1 saturated heterocycles. The van der Waals surface area contributed by atoms with Gasteiger partial charge >= 0.3 is 6.03 Å². The molecule has 0 unspecified atom stereocenters. The molecule has 1 aliphatic heterocycles. The van der Waals surface area contributed by atoms with E-state index >= 15 is 0 Å². The molecular weight excluding hydrogens is 443 g/mol. The number of hydrogen-bond acceptors (Lipinski definition) is 3. The molecule has 6 heteroatoms.